The minimum absolute atomic E-state index is 0.0000643. The SMILES string of the molecule is C[C@H]1CC2(CCN(c3ncc(Sc4cc(N)ncc4C(F)(F)F)c4ncc(Cl)n34)CC2)CO1. The molecule has 0 amide bonds. The van der Waals surface area contributed by atoms with Crippen molar-refractivity contribution in [2.45, 2.75) is 48.3 Å². The first-order valence-electron chi connectivity index (χ1n) is 10.5. The molecule has 2 N–H and O–H groups in total. The Balaban J connectivity index is 1.46. The van der Waals surface area contributed by atoms with Gasteiger partial charge in [-0.25, -0.2) is 15.0 Å². The maximum absolute atomic E-state index is 13.5. The molecule has 3 aromatic heterocycles. The van der Waals surface area contributed by atoms with Crippen LogP contribution in [0.15, 0.2) is 34.4 Å². The van der Waals surface area contributed by atoms with E-state index in [0.717, 1.165) is 56.9 Å². The topological polar surface area (TPSA) is 81.6 Å². The van der Waals surface area contributed by atoms with Crippen molar-refractivity contribution in [3.63, 3.8) is 0 Å². The second kappa shape index (κ2) is 8.21. The monoisotopic (exact) mass is 498 g/mol. The average Bonchev–Trinajstić information content (AvgIpc) is 3.32. The Morgan fingerprint density at radius 1 is 1.15 bits per heavy atom. The number of fused-ring (bicyclic) bond motifs is 1. The summed E-state index contributed by atoms with van der Waals surface area (Å²) in [5, 5.41) is 0.346. The third kappa shape index (κ3) is 4.22. The van der Waals surface area contributed by atoms with Gasteiger partial charge in [0.25, 0.3) is 0 Å². The summed E-state index contributed by atoms with van der Waals surface area (Å²) in [6.45, 7) is 4.47. The molecule has 2 fully saturated rings. The largest absolute Gasteiger partial charge is 0.418 e. The predicted octanol–water partition coefficient (Wildman–Crippen LogP) is 4.93. The van der Waals surface area contributed by atoms with E-state index in [1.54, 1.807) is 10.6 Å². The van der Waals surface area contributed by atoms with Crippen LogP contribution >= 0.6 is 23.4 Å². The molecule has 5 heterocycles. The smallest absolute Gasteiger partial charge is 0.384 e. The molecular weight excluding hydrogens is 477 g/mol. The molecule has 0 saturated carbocycles. The summed E-state index contributed by atoms with van der Waals surface area (Å²) in [5.41, 5.74) is 5.44. The van der Waals surface area contributed by atoms with Crippen LogP contribution in [0.5, 0.6) is 0 Å². The van der Waals surface area contributed by atoms with Crippen molar-refractivity contribution in [2.75, 3.05) is 30.3 Å². The lowest BCUT2D eigenvalue weighted by atomic mass is 9.77. The number of imidazole rings is 1. The second-order valence-corrected chi connectivity index (χ2v) is 10.2. The molecule has 33 heavy (non-hydrogen) atoms. The summed E-state index contributed by atoms with van der Waals surface area (Å²) in [5.74, 6) is 0.629. The van der Waals surface area contributed by atoms with Crippen molar-refractivity contribution in [3.05, 3.63) is 35.4 Å². The van der Waals surface area contributed by atoms with Crippen molar-refractivity contribution >= 4 is 40.8 Å². The standard InChI is InChI=1S/C21H22ClF3N6OS/c1-12-7-20(11-32-12)2-4-30(5-3-20)19-29-9-15(18-28-10-16(22)31(18)19)33-14-6-17(26)27-8-13(14)21(23,24)25/h6,8-10,12H,2-5,7,11H2,1H3,(H2,26,27)/t12-/m0/s1. The highest BCUT2D eigenvalue weighted by atomic mass is 35.5. The molecule has 3 aromatic rings. The highest BCUT2D eigenvalue weighted by Gasteiger charge is 2.41. The first-order chi connectivity index (χ1) is 15.7. The number of hydrogen-bond acceptors (Lipinski definition) is 7. The third-order valence-electron chi connectivity index (χ3n) is 6.35. The van der Waals surface area contributed by atoms with E-state index < -0.39 is 11.7 Å². The van der Waals surface area contributed by atoms with Crippen molar-refractivity contribution in [1.29, 1.82) is 0 Å². The van der Waals surface area contributed by atoms with Crippen LogP contribution in [0.3, 0.4) is 0 Å². The molecule has 2 saturated heterocycles. The Bertz CT molecular complexity index is 1190. The first kappa shape index (κ1) is 22.5. The number of hydrogen-bond donors (Lipinski definition) is 1. The summed E-state index contributed by atoms with van der Waals surface area (Å²) in [7, 11) is 0. The van der Waals surface area contributed by atoms with Crippen LogP contribution < -0.4 is 10.6 Å². The van der Waals surface area contributed by atoms with Crippen LogP contribution in [0, 0.1) is 5.41 Å². The van der Waals surface area contributed by atoms with Gasteiger partial charge in [-0.15, -0.1) is 0 Å². The summed E-state index contributed by atoms with van der Waals surface area (Å²) < 4.78 is 48.0. The minimum atomic E-state index is -4.56. The number of aromatic nitrogens is 4. The van der Waals surface area contributed by atoms with E-state index in [9.17, 15) is 13.2 Å². The fraction of sp³-hybridized carbons (Fsp3) is 0.476. The Hall–Kier alpha value is -2.24. The van der Waals surface area contributed by atoms with Gasteiger partial charge in [0.15, 0.2) is 5.65 Å². The maximum atomic E-state index is 13.5. The van der Waals surface area contributed by atoms with Crippen LogP contribution in [-0.2, 0) is 10.9 Å². The van der Waals surface area contributed by atoms with Crippen LogP contribution in [0.25, 0.3) is 5.65 Å². The van der Waals surface area contributed by atoms with Gasteiger partial charge in [-0.3, -0.25) is 4.40 Å². The normalized spacial score (nSPS) is 20.8. The van der Waals surface area contributed by atoms with Crippen LogP contribution in [0.2, 0.25) is 5.15 Å². The number of anilines is 2. The summed E-state index contributed by atoms with van der Waals surface area (Å²) in [4.78, 5) is 15.1. The molecule has 176 valence electrons. The van der Waals surface area contributed by atoms with E-state index in [1.165, 1.54) is 12.3 Å². The lowest BCUT2D eigenvalue weighted by molar-refractivity contribution is -0.140. The van der Waals surface area contributed by atoms with Crippen molar-refractivity contribution in [1.82, 2.24) is 19.4 Å². The minimum Gasteiger partial charge on any atom is -0.384 e. The maximum Gasteiger partial charge on any atom is 0.418 e. The fourth-order valence-electron chi connectivity index (χ4n) is 4.67. The number of halogens is 4. The number of piperidine rings is 1. The molecule has 2 aliphatic rings. The Labute approximate surface area is 197 Å². The van der Waals surface area contributed by atoms with E-state index in [-0.39, 0.29) is 22.2 Å². The van der Waals surface area contributed by atoms with Gasteiger partial charge >= 0.3 is 6.18 Å². The number of rotatable bonds is 3. The predicted molar refractivity (Wildman–Crippen MR) is 120 cm³/mol. The van der Waals surface area contributed by atoms with Crippen LogP contribution in [-0.4, -0.2) is 45.2 Å². The number of nitrogen functional groups attached to an aromatic ring is 1. The van der Waals surface area contributed by atoms with Gasteiger partial charge in [-0.1, -0.05) is 23.4 Å². The number of ether oxygens (including phenoxy) is 1. The molecule has 2 aliphatic heterocycles. The molecule has 7 nitrogen and oxygen atoms in total. The van der Waals surface area contributed by atoms with E-state index in [0.29, 0.717) is 21.6 Å². The molecule has 0 unspecified atom stereocenters. The Morgan fingerprint density at radius 2 is 1.91 bits per heavy atom. The Morgan fingerprint density at radius 3 is 2.58 bits per heavy atom. The molecule has 5 rings (SSSR count). The van der Waals surface area contributed by atoms with Crippen molar-refractivity contribution < 1.29 is 17.9 Å². The highest BCUT2D eigenvalue weighted by Crippen LogP contribution is 2.44. The van der Waals surface area contributed by atoms with Crippen LogP contribution in [0.1, 0.15) is 31.7 Å². The molecule has 0 bridgehead atoms. The zero-order valence-corrected chi connectivity index (χ0v) is 19.3. The lowest BCUT2D eigenvalue weighted by Crippen LogP contribution is -2.41. The molecule has 0 aliphatic carbocycles. The van der Waals surface area contributed by atoms with E-state index in [2.05, 4.69) is 26.8 Å². The zero-order valence-electron chi connectivity index (χ0n) is 17.8. The number of alkyl halides is 3. The molecule has 1 spiro atoms. The van der Waals surface area contributed by atoms with Gasteiger partial charge in [0.1, 0.15) is 11.0 Å². The first-order valence-corrected chi connectivity index (χ1v) is 11.7. The molecular formula is C21H22ClF3N6OS. The van der Waals surface area contributed by atoms with Gasteiger partial charge in [0.05, 0.1) is 29.4 Å². The Kier molecular flexibility index (Phi) is 5.61. The van der Waals surface area contributed by atoms with Gasteiger partial charge in [0.2, 0.25) is 5.95 Å². The third-order valence-corrected chi connectivity index (χ3v) is 7.68. The van der Waals surface area contributed by atoms with E-state index in [4.69, 9.17) is 22.1 Å². The van der Waals surface area contributed by atoms with Crippen LogP contribution in [0.4, 0.5) is 24.9 Å². The molecule has 12 heteroatoms. The summed E-state index contributed by atoms with van der Waals surface area (Å²) in [6, 6.07) is 1.21. The van der Waals surface area contributed by atoms with Gasteiger partial charge < -0.3 is 15.4 Å². The number of nitrogens with two attached hydrogens (primary N) is 1. The van der Waals surface area contributed by atoms with Gasteiger partial charge in [-0.05, 0) is 37.7 Å². The summed E-state index contributed by atoms with van der Waals surface area (Å²) >= 11 is 7.32. The fourth-order valence-corrected chi connectivity index (χ4v) is 5.91. The molecule has 0 aromatic carbocycles. The quantitative estimate of drug-likeness (QED) is 0.548. The van der Waals surface area contributed by atoms with E-state index >= 15 is 0 Å². The summed E-state index contributed by atoms with van der Waals surface area (Å²) in [6.07, 6.45) is 2.50. The number of nitrogens with zero attached hydrogens (tertiary/aromatic N) is 5. The van der Waals surface area contributed by atoms with Gasteiger partial charge in [-0.2, -0.15) is 13.2 Å². The second-order valence-electron chi connectivity index (χ2n) is 8.68. The van der Waals surface area contributed by atoms with E-state index in [1.807, 2.05) is 0 Å². The zero-order chi connectivity index (χ0) is 23.4. The van der Waals surface area contributed by atoms with Gasteiger partial charge in [0, 0.05) is 30.4 Å². The molecule has 1 atom stereocenters. The lowest BCUT2D eigenvalue weighted by Gasteiger charge is -2.39. The van der Waals surface area contributed by atoms with Crippen molar-refractivity contribution in [3.8, 4) is 0 Å². The average molecular weight is 499 g/mol. The molecule has 0 radical (unpaired) electrons. The number of pyridine rings is 1. The highest BCUT2D eigenvalue weighted by molar-refractivity contribution is 7.99. The van der Waals surface area contributed by atoms with Crippen molar-refractivity contribution in [2.24, 2.45) is 5.41 Å².